The van der Waals surface area contributed by atoms with Crippen molar-refractivity contribution < 1.29 is 80.9 Å². The van der Waals surface area contributed by atoms with E-state index < -0.39 is 132 Å². The summed E-state index contributed by atoms with van der Waals surface area (Å²) in [5, 5.41) is 36.8. The molecule has 0 bridgehead atoms. The molecule has 18 heteroatoms. The molecule has 15 nitrogen and oxygen atoms in total. The Morgan fingerprint density at radius 3 is 2.11 bits per heavy atom. The molecule has 4 N–H and O–H groups in total. The molecule has 56 heavy (non-hydrogen) atoms. The molecule has 8 unspecified atom stereocenters. The summed E-state index contributed by atoms with van der Waals surface area (Å²) in [6.07, 6.45) is -14.6. The molecule has 2 aliphatic carbocycles. The van der Waals surface area contributed by atoms with E-state index in [0.29, 0.717) is 0 Å². The third kappa shape index (κ3) is 7.35. The number of hydrogen-bond acceptors (Lipinski definition) is 14. The van der Waals surface area contributed by atoms with E-state index >= 15 is 0 Å². The van der Waals surface area contributed by atoms with Crippen molar-refractivity contribution in [1.82, 2.24) is 5.32 Å². The number of carbonyl (C=O) groups is 5. The van der Waals surface area contributed by atoms with E-state index in [4.69, 9.17) is 28.4 Å². The SMILES string of the molecule is COc1cccc2c1C(=O)c1c(O)c3c(c(O)c1C2=O)C[C@@](O)(C(C)=O)C[C@@H]3OC1CC(NC(=O)C(F)(F)F)C(OC2CC(C)C(OC(C)=O)C(C)O2)C(C)O1. The van der Waals surface area contributed by atoms with Crippen LogP contribution in [-0.2, 0) is 44.5 Å². The molecule has 2 saturated heterocycles. The molecule has 1 amide bonds. The number of methoxy groups -OCH3 is 1. The maximum Gasteiger partial charge on any atom is 0.471 e. The summed E-state index contributed by atoms with van der Waals surface area (Å²) in [5.74, 6) is -7.17. The fraction of sp³-hybridized carbons (Fsp3) is 0.553. The summed E-state index contributed by atoms with van der Waals surface area (Å²) in [5.41, 5.74) is -4.24. The molecule has 0 saturated carbocycles. The number of carbonyl (C=O) groups excluding carboxylic acids is 5. The van der Waals surface area contributed by atoms with Gasteiger partial charge in [0.05, 0.1) is 48.2 Å². The second-order valence-corrected chi connectivity index (χ2v) is 14.7. The summed E-state index contributed by atoms with van der Waals surface area (Å²) in [6, 6.07) is 2.78. The number of amides is 1. The zero-order chi connectivity index (χ0) is 41.2. The van der Waals surface area contributed by atoms with Crippen LogP contribution in [0.4, 0.5) is 13.2 Å². The molecular formula is C38H42F3NO14. The lowest BCUT2D eigenvalue weighted by Crippen LogP contribution is -2.60. The molecule has 2 aromatic carbocycles. The number of Topliss-reactive ketones (excluding diaryl/α,β-unsaturated/α-hetero) is 1. The number of benzene rings is 2. The molecule has 0 radical (unpaired) electrons. The van der Waals surface area contributed by atoms with E-state index in [0.717, 1.165) is 6.92 Å². The van der Waals surface area contributed by atoms with Crippen LogP contribution < -0.4 is 10.1 Å². The number of fused-ring (bicyclic) bond motifs is 3. The lowest BCUT2D eigenvalue weighted by Gasteiger charge is -2.46. The van der Waals surface area contributed by atoms with Crippen LogP contribution in [0.25, 0.3) is 0 Å². The van der Waals surface area contributed by atoms with Gasteiger partial charge in [-0.2, -0.15) is 13.2 Å². The molecule has 0 spiro atoms. The van der Waals surface area contributed by atoms with Crippen molar-refractivity contribution in [2.24, 2.45) is 5.92 Å². The maximum absolute atomic E-state index is 13.9. The number of alkyl halides is 3. The van der Waals surface area contributed by atoms with Gasteiger partial charge in [0.2, 0.25) is 5.78 Å². The Hall–Kier alpha value is -4.62. The highest BCUT2D eigenvalue weighted by Gasteiger charge is 2.51. The summed E-state index contributed by atoms with van der Waals surface area (Å²) in [4.78, 5) is 64.5. The largest absolute Gasteiger partial charge is 0.507 e. The Morgan fingerprint density at radius 2 is 1.52 bits per heavy atom. The van der Waals surface area contributed by atoms with Crippen LogP contribution in [0.3, 0.4) is 0 Å². The second-order valence-electron chi connectivity index (χ2n) is 14.7. The fourth-order valence-electron chi connectivity index (χ4n) is 8.15. The van der Waals surface area contributed by atoms with Gasteiger partial charge in [-0.1, -0.05) is 19.1 Å². The van der Waals surface area contributed by atoms with Crippen molar-refractivity contribution >= 4 is 29.2 Å². The standard InChI is InChI=1S/C38H42F3NO14/c1-14-10-24(52-15(2)34(14)54-18(5)44)56-35-16(3)53-25(11-21(35)42-36(49)38(39,40)41)55-23-13-37(50,17(4)43)12-20-27(23)33(48)29-28(31(20)46)30(45)19-8-7-9-22(51-6)26(19)32(29)47/h7-9,14-16,21,23-25,34-35,46,48,50H,10-13H2,1-6H3,(H,42,49)/t14?,15?,16?,21?,23-,24?,25?,34?,35?,37-/m0/s1. The van der Waals surface area contributed by atoms with Gasteiger partial charge >= 0.3 is 18.1 Å². The quantitative estimate of drug-likeness (QED) is 0.190. The minimum absolute atomic E-state index is 0.0157. The monoisotopic (exact) mass is 793 g/mol. The topological polar surface area (TPSA) is 213 Å². The molecule has 10 atom stereocenters. The van der Waals surface area contributed by atoms with E-state index in [1.165, 1.54) is 39.2 Å². The number of nitrogens with one attached hydrogen (secondary N) is 1. The molecule has 4 aliphatic rings. The van der Waals surface area contributed by atoms with Crippen molar-refractivity contribution in [1.29, 1.82) is 0 Å². The fourth-order valence-corrected chi connectivity index (χ4v) is 8.15. The molecule has 304 valence electrons. The number of rotatable bonds is 8. The molecule has 2 fully saturated rings. The average molecular weight is 794 g/mol. The predicted octanol–water partition coefficient (Wildman–Crippen LogP) is 3.48. The number of ketones is 3. The van der Waals surface area contributed by atoms with E-state index in [-0.39, 0.29) is 40.3 Å². The molecule has 2 aromatic rings. The maximum atomic E-state index is 13.9. The van der Waals surface area contributed by atoms with E-state index in [1.807, 2.05) is 5.32 Å². The molecule has 2 aliphatic heterocycles. The van der Waals surface area contributed by atoms with Gasteiger partial charge in [0.15, 0.2) is 24.1 Å². The molecule has 6 rings (SSSR count). The lowest BCUT2D eigenvalue weighted by atomic mass is 9.72. The highest BCUT2D eigenvalue weighted by Crippen LogP contribution is 2.52. The number of phenolic OH excluding ortho intramolecular Hbond substituents is 2. The van der Waals surface area contributed by atoms with Crippen molar-refractivity contribution in [3.05, 3.63) is 51.6 Å². The normalized spacial score (nSPS) is 31.4. The third-order valence-electron chi connectivity index (χ3n) is 10.9. The van der Waals surface area contributed by atoms with Gasteiger partial charge in [0.25, 0.3) is 0 Å². The van der Waals surface area contributed by atoms with Crippen LogP contribution >= 0.6 is 0 Å². The Bertz CT molecular complexity index is 1960. The van der Waals surface area contributed by atoms with Gasteiger partial charge in [0.1, 0.15) is 35.1 Å². The molecule has 2 heterocycles. The Labute approximate surface area is 318 Å². The smallest absolute Gasteiger partial charge is 0.471 e. The first-order valence-electron chi connectivity index (χ1n) is 17.9. The number of aromatic hydroxyl groups is 2. The number of halogens is 3. The Balaban J connectivity index is 1.35. The minimum Gasteiger partial charge on any atom is -0.507 e. The first-order chi connectivity index (χ1) is 26.2. The number of hydrogen-bond donors (Lipinski definition) is 4. The van der Waals surface area contributed by atoms with Crippen molar-refractivity contribution in [2.45, 2.75) is 121 Å². The zero-order valence-corrected chi connectivity index (χ0v) is 31.2. The third-order valence-corrected chi connectivity index (χ3v) is 10.9. The van der Waals surface area contributed by atoms with Crippen LogP contribution in [0, 0.1) is 5.92 Å². The number of esters is 1. The lowest BCUT2D eigenvalue weighted by molar-refractivity contribution is -0.301. The zero-order valence-electron chi connectivity index (χ0n) is 31.2. The van der Waals surface area contributed by atoms with Gasteiger partial charge in [-0.15, -0.1) is 0 Å². The Kier molecular flexibility index (Phi) is 11.0. The summed E-state index contributed by atoms with van der Waals surface area (Å²) >= 11 is 0. The molecule has 0 aromatic heterocycles. The van der Waals surface area contributed by atoms with Gasteiger partial charge in [0, 0.05) is 55.2 Å². The van der Waals surface area contributed by atoms with Gasteiger partial charge in [-0.3, -0.25) is 24.0 Å². The van der Waals surface area contributed by atoms with Crippen molar-refractivity contribution in [3.8, 4) is 17.2 Å². The second kappa shape index (κ2) is 15.0. The number of phenols is 2. The summed E-state index contributed by atoms with van der Waals surface area (Å²) in [6.45, 7) is 7.18. The average Bonchev–Trinajstić information content (AvgIpc) is 3.10. The van der Waals surface area contributed by atoms with Crippen LogP contribution in [0.1, 0.15) is 103 Å². The van der Waals surface area contributed by atoms with Gasteiger partial charge in [-0.25, -0.2) is 0 Å². The van der Waals surface area contributed by atoms with Crippen LogP contribution in [0.2, 0.25) is 0 Å². The molecular weight excluding hydrogens is 751 g/mol. The predicted molar refractivity (Wildman–Crippen MR) is 183 cm³/mol. The van der Waals surface area contributed by atoms with Crippen molar-refractivity contribution in [2.75, 3.05) is 7.11 Å². The van der Waals surface area contributed by atoms with Gasteiger partial charge in [-0.05, 0) is 26.8 Å². The van der Waals surface area contributed by atoms with Crippen LogP contribution in [0.5, 0.6) is 17.2 Å². The van der Waals surface area contributed by atoms with E-state index in [1.54, 1.807) is 13.8 Å². The summed E-state index contributed by atoms with van der Waals surface area (Å²) in [7, 11) is 1.27. The first kappa shape index (κ1) is 41.0. The highest BCUT2D eigenvalue weighted by molar-refractivity contribution is 6.31. The number of aliphatic hydroxyl groups is 1. The van der Waals surface area contributed by atoms with Crippen molar-refractivity contribution in [3.63, 3.8) is 0 Å². The summed E-state index contributed by atoms with van der Waals surface area (Å²) < 4.78 is 75.7. The minimum atomic E-state index is -5.29. The van der Waals surface area contributed by atoms with Crippen LogP contribution in [-0.4, -0.2) is 106 Å². The number of ether oxygens (including phenoxy) is 6. The van der Waals surface area contributed by atoms with E-state index in [9.17, 15) is 52.5 Å². The Morgan fingerprint density at radius 1 is 0.893 bits per heavy atom. The first-order valence-corrected chi connectivity index (χ1v) is 17.9. The van der Waals surface area contributed by atoms with E-state index in [2.05, 4.69) is 0 Å². The van der Waals surface area contributed by atoms with Gasteiger partial charge < -0.3 is 49.1 Å². The highest BCUT2D eigenvalue weighted by atomic mass is 19.4. The van der Waals surface area contributed by atoms with Crippen LogP contribution in [0.15, 0.2) is 18.2 Å².